The van der Waals surface area contributed by atoms with E-state index in [0.717, 1.165) is 6.42 Å². The zero-order chi connectivity index (χ0) is 15.6. The minimum Gasteiger partial charge on any atom is -0.467 e. The van der Waals surface area contributed by atoms with Gasteiger partial charge in [-0.05, 0) is 12.3 Å². The number of hydrogen-bond acceptors (Lipinski definition) is 5. The number of nitrogens with one attached hydrogen (secondary N) is 1. The Morgan fingerprint density at radius 2 is 2.00 bits per heavy atom. The lowest BCUT2D eigenvalue weighted by molar-refractivity contribution is -0.151. The first kappa shape index (κ1) is 15.8. The fourth-order valence-electron chi connectivity index (χ4n) is 2.70. The van der Waals surface area contributed by atoms with Crippen LogP contribution in [-0.2, 0) is 19.1 Å². The summed E-state index contributed by atoms with van der Waals surface area (Å²) in [6.45, 7) is 2.40. The summed E-state index contributed by atoms with van der Waals surface area (Å²) in [7, 11) is 1.26. The Kier molecular flexibility index (Phi) is 4.82. The summed E-state index contributed by atoms with van der Waals surface area (Å²) in [6, 6.07) is -0.725. The van der Waals surface area contributed by atoms with Gasteiger partial charge in [-0.1, -0.05) is 6.92 Å². The van der Waals surface area contributed by atoms with Crippen LogP contribution in [0.25, 0.3) is 0 Å². The van der Waals surface area contributed by atoms with Gasteiger partial charge in [0.15, 0.2) is 0 Å². The molecule has 4 unspecified atom stereocenters. The van der Waals surface area contributed by atoms with Gasteiger partial charge >= 0.3 is 5.97 Å². The number of methoxy groups -OCH3 is 1. The SMILES string of the molecule is COC(=O)C1CC(O)CN1C(=O)CCNC(=O)C1CC1C. The molecule has 1 aliphatic heterocycles. The number of carbonyl (C=O) groups is 3. The van der Waals surface area contributed by atoms with Crippen molar-refractivity contribution in [1.29, 1.82) is 0 Å². The van der Waals surface area contributed by atoms with E-state index in [0.29, 0.717) is 5.92 Å². The molecule has 4 atom stereocenters. The van der Waals surface area contributed by atoms with Crippen molar-refractivity contribution >= 4 is 17.8 Å². The van der Waals surface area contributed by atoms with Crippen LogP contribution >= 0.6 is 0 Å². The van der Waals surface area contributed by atoms with Gasteiger partial charge in [-0.15, -0.1) is 0 Å². The molecule has 0 aromatic carbocycles. The topological polar surface area (TPSA) is 95.9 Å². The van der Waals surface area contributed by atoms with E-state index in [1.54, 1.807) is 0 Å². The highest BCUT2D eigenvalue weighted by Crippen LogP contribution is 2.37. The molecule has 1 saturated heterocycles. The first-order valence-electron chi connectivity index (χ1n) is 7.27. The third-order valence-corrected chi connectivity index (χ3v) is 4.16. The Labute approximate surface area is 123 Å². The maximum atomic E-state index is 12.1. The standard InChI is InChI=1S/C14H22N2O5/c1-8-5-10(8)13(19)15-4-3-12(18)16-7-9(17)6-11(16)14(20)21-2/h8-11,17H,3-7H2,1-2H3,(H,15,19). The minimum absolute atomic E-state index is 0.0127. The lowest BCUT2D eigenvalue weighted by Crippen LogP contribution is -2.42. The molecule has 2 aliphatic rings. The number of esters is 1. The molecule has 21 heavy (non-hydrogen) atoms. The second-order valence-corrected chi connectivity index (χ2v) is 5.84. The van der Waals surface area contributed by atoms with E-state index in [4.69, 9.17) is 0 Å². The number of rotatable bonds is 5. The highest BCUT2D eigenvalue weighted by atomic mass is 16.5. The van der Waals surface area contributed by atoms with E-state index in [1.807, 2.05) is 6.92 Å². The largest absolute Gasteiger partial charge is 0.467 e. The van der Waals surface area contributed by atoms with E-state index in [-0.39, 0.29) is 43.7 Å². The second-order valence-electron chi connectivity index (χ2n) is 5.84. The van der Waals surface area contributed by atoms with Gasteiger partial charge in [0.2, 0.25) is 11.8 Å². The van der Waals surface area contributed by atoms with Gasteiger partial charge in [-0.2, -0.15) is 0 Å². The number of hydrogen-bond donors (Lipinski definition) is 2. The van der Waals surface area contributed by atoms with Crippen LogP contribution < -0.4 is 5.32 Å². The van der Waals surface area contributed by atoms with Gasteiger partial charge in [0.25, 0.3) is 0 Å². The van der Waals surface area contributed by atoms with Crippen LogP contribution in [0.5, 0.6) is 0 Å². The molecule has 0 aromatic rings. The van der Waals surface area contributed by atoms with Crippen molar-refractivity contribution in [2.24, 2.45) is 11.8 Å². The smallest absolute Gasteiger partial charge is 0.328 e. The van der Waals surface area contributed by atoms with Crippen LogP contribution in [0.1, 0.15) is 26.2 Å². The molecule has 0 aromatic heterocycles. The minimum atomic E-state index is -0.725. The van der Waals surface area contributed by atoms with Crippen molar-refractivity contribution in [3.8, 4) is 0 Å². The number of aliphatic hydroxyl groups excluding tert-OH is 1. The molecular formula is C14H22N2O5. The Morgan fingerprint density at radius 3 is 2.57 bits per heavy atom. The van der Waals surface area contributed by atoms with Crippen molar-refractivity contribution in [3.05, 3.63) is 0 Å². The molecule has 2 N–H and O–H groups in total. The molecule has 0 spiro atoms. The molecular weight excluding hydrogens is 276 g/mol. The van der Waals surface area contributed by atoms with Crippen LogP contribution in [0.15, 0.2) is 0 Å². The van der Waals surface area contributed by atoms with E-state index in [1.165, 1.54) is 12.0 Å². The molecule has 0 bridgehead atoms. The van der Waals surface area contributed by atoms with Crippen molar-refractivity contribution < 1.29 is 24.2 Å². The summed E-state index contributed by atoms with van der Waals surface area (Å²) >= 11 is 0. The van der Waals surface area contributed by atoms with E-state index >= 15 is 0 Å². The molecule has 1 heterocycles. The predicted octanol–water partition coefficient (Wildman–Crippen LogP) is -0.716. The number of β-amino-alcohol motifs (C(OH)–C–C–N with tert-alkyl or cyclic N) is 1. The molecule has 7 nitrogen and oxygen atoms in total. The first-order valence-corrected chi connectivity index (χ1v) is 7.27. The van der Waals surface area contributed by atoms with E-state index in [9.17, 15) is 19.5 Å². The Balaban J connectivity index is 1.78. The Hall–Kier alpha value is -1.63. The van der Waals surface area contributed by atoms with Crippen LogP contribution in [0, 0.1) is 11.8 Å². The number of aliphatic hydroxyl groups is 1. The summed E-state index contributed by atoms with van der Waals surface area (Å²) in [5.41, 5.74) is 0. The molecule has 2 rings (SSSR count). The quantitative estimate of drug-likeness (QED) is 0.653. The van der Waals surface area contributed by atoms with E-state index in [2.05, 4.69) is 10.1 Å². The van der Waals surface area contributed by atoms with Gasteiger partial charge in [-0.25, -0.2) is 4.79 Å². The van der Waals surface area contributed by atoms with Crippen LogP contribution in [0.3, 0.4) is 0 Å². The predicted molar refractivity (Wildman–Crippen MR) is 73.0 cm³/mol. The number of carbonyl (C=O) groups excluding carboxylic acids is 3. The summed E-state index contributed by atoms with van der Waals surface area (Å²) in [5.74, 6) is -0.280. The lowest BCUT2D eigenvalue weighted by atomic mass is 10.2. The monoisotopic (exact) mass is 298 g/mol. The summed E-state index contributed by atoms with van der Waals surface area (Å²) in [6.07, 6.45) is 0.514. The number of likely N-dealkylation sites (tertiary alicyclic amines) is 1. The van der Waals surface area contributed by atoms with Gasteiger partial charge < -0.3 is 20.1 Å². The maximum Gasteiger partial charge on any atom is 0.328 e. The second kappa shape index (κ2) is 6.43. The van der Waals surface area contributed by atoms with Gasteiger partial charge in [-0.3, -0.25) is 9.59 Å². The lowest BCUT2D eigenvalue weighted by Gasteiger charge is -2.22. The van der Waals surface area contributed by atoms with Crippen molar-refractivity contribution in [3.63, 3.8) is 0 Å². The van der Waals surface area contributed by atoms with Crippen LogP contribution in [0.2, 0.25) is 0 Å². The summed E-state index contributed by atoms with van der Waals surface area (Å²) in [4.78, 5) is 36.7. The van der Waals surface area contributed by atoms with E-state index < -0.39 is 18.1 Å². The molecule has 118 valence electrons. The molecule has 2 amide bonds. The van der Waals surface area contributed by atoms with Gasteiger partial charge in [0.1, 0.15) is 6.04 Å². The zero-order valence-electron chi connectivity index (χ0n) is 12.4. The zero-order valence-corrected chi connectivity index (χ0v) is 12.4. The molecule has 0 radical (unpaired) electrons. The number of nitrogens with zero attached hydrogens (tertiary/aromatic N) is 1. The van der Waals surface area contributed by atoms with Crippen LogP contribution in [-0.4, -0.2) is 60.1 Å². The molecule has 2 fully saturated rings. The van der Waals surface area contributed by atoms with Crippen molar-refractivity contribution in [1.82, 2.24) is 10.2 Å². The molecule has 1 aliphatic carbocycles. The highest BCUT2D eigenvalue weighted by Gasteiger charge is 2.40. The Morgan fingerprint density at radius 1 is 1.33 bits per heavy atom. The average Bonchev–Trinajstić information content (AvgIpc) is 3.05. The summed E-state index contributed by atoms with van der Waals surface area (Å²) < 4.78 is 4.64. The molecule has 1 saturated carbocycles. The fourth-order valence-corrected chi connectivity index (χ4v) is 2.70. The first-order chi connectivity index (χ1) is 9.93. The van der Waals surface area contributed by atoms with Gasteiger partial charge in [0.05, 0.1) is 13.2 Å². The van der Waals surface area contributed by atoms with Crippen LogP contribution in [0.4, 0.5) is 0 Å². The number of ether oxygens (including phenoxy) is 1. The third-order valence-electron chi connectivity index (χ3n) is 4.16. The molecule has 7 heteroatoms. The number of amides is 2. The highest BCUT2D eigenvalue weighted by molar-refractivity contribution is 5.86. The normalized spacial score (nSPS) is 30.9. The van der Waals surface area contributed by atoms with Crippen molar-refractivity contribution in [2.45, 2.75) is 38.3 Å². The third kappa shape index (κ3) is 3.72. The maximum absolute atomic E-state index is 12.1. The summed E-state index contributed by atoms with van der Waals surface area (Å²) in [5, 5.41) is 12.3. The van der Waals surface area contributed by atoms with Gasteiger partial charge in [0, 0.05) is 31.8 Å². The average molecular weight is 298 g/mol. The Bertz CT molecular complexity index is 439. The fraction of sp³-hybridized carbons (Fsp3) is 0.786. The van der Waals surface area contributed by atoms with Crippen molar-refractivity contribution in [2.75, 3.05) is 20.2 Å².